The van der Waals surface area contributed by atoms with Gasteiger partial charge in [0.1, 0.15) is 11.6 Å². The highest BCUT2D eigenvalue weighted by Gasteiger charge is 2.29. The molecule has 9 heteroatoms. The average molecular weight is 498 g/mol. The molecule has 4 rings (SSSR count). The van der Waals surface area contributed by atoms with Crippen molar-refractivity contribution in [3.05, 3.63) is 105 Å². The smallest absolute Gasteiger partial charge is 0.336 e. The number of sulfonamides is 1. The zero-order valence-electron chi connectivity index (χ0n) is 18.2. The van der Waals surface area contributed by atoms with Gasteiger partial charge in [0.2, 0.25) is 10.0 Å². The van der Waals surface area contributed by atoms with Crippen LogP contribution in [0.3, 0.4) is 0 Å². The second kappa shape index (κ2) is 9.42. The first-order chi connectivity index (χ1) is 16.1. The van der Waals surface area contributed by atoms with Crippen molar-refractivity contribution in [3.8, 4) is 5.75 Å². The first-order valence-corrected chi connectivity index (χ1v) is 12.1. The molecule has 0 unspecified atom stereocenters. The maximum absolute atomic E-state index is 13.2. The standard InChI is InChI=1S/C25H20ClNO6S/c1-15-8-10-18(11-9-15)34(30,31)27-24(17-6-4-3-5-7-17)25(29)33-22-14-21-19(13-20(22)26)16(2)12-23(28)32-21/h3-14,24,27H,1-2H3/t24-/m1/s1. The lowest BCUT2D eigenvalue weighted by Gasteiger charge is -2.19. The van der Waals surface area contributed by atoms with Crippen molar-refractivity contribution in [1.82, 2.24) is 4.72 Å². The Bertz CT molecular complexity index is 1530. The van der Waals surface area contributed by atoms with E-state index in [1.165, 1.54) is 30.3 Å². The van der Waals surface area contributed by atoms with Gasteiger partial charge in [-0.3, -0.25) is 0 Å². The summed E-state index contributed by atoms with van der Waals surface area (Å²) < 4.78 is 39.1. The number of carbonyl (C=O) groups is 1. The minimum absolute atomic E-state index is 0.00724. The van der Waals surface area contributed by atoms with Crippen LogP contribution < -0.4 is 15.1 Å². The van der Waals surface area contributed by atoms with Gasteiger partial charge in [0, 0.05) is 17.5 Å². The summed E-state index contributed by atoms with van der Waals surface area (Å²) in [5.74, 6) is -0.971. The second-order valence-corrected chi connectivity index (χ2v) is 9.85. The van der Waals surface area contributed by atoms with Crippen LogP contribution >= 0.6 is 11.6 Å². The van der Waals surface area contributed by atoms with Crippen molar-refractivity contribution in [3.63, 3.8) is 0 Å². The van der Waals surface area contributed by atoms with Gasteiger partial charge >= 0.3 is 11.6 Å². The van der Waals surface area contributed by atoms with Crippen molar-refractivity contribution in [1.29, 1.82) is 0 Å². The molecule has 174 valence electrons. The van der Waals surface area contributed by atoms with E-state index in [4.69, 9.17) is 20.8 Å². The predicted molar refractivity (Wildman–Crippen MR) is 129 cm³/mol. The van der Waals surface area contributed by atoms with Crippen molar-refractivity contribution < 1.29 is 22.4 Å². The Labute approximate surface area is 201 Å². The van der Waals surface area contributed by atoms with E-state index in [1.807, 2.05) is 6.92 Å². The van der Waals surface area contributed by atoms with Crippen LogP contribution in [0, 0.1) is 13.8 Å². The number of hydrogen-bond acceptors (Lipinski definition) is 6. The zero-order chi connectivity index (χ0) is 24.5. The summed E-state index contributed by atoms with van der Waals surface area (Å²) in [7, 11) is -4.06. The summed E-state index contributed by atoms with van der Waals surface area (Å²) in [6.07, 6.45) is 0. The van der Waals surface area contributed by atoms with Crippen LogP contribution in [-0.4, -0.2) is 14.4 Å². The molecule has 4 aromatic rings. The van der Waals surface area contributed by atoms with E-state index in [0.29, 0.717) is 16.5 Å². The molecule has 7 nitrogen and oxygen atoms in total. The van der Waals surface area contributed by atoms with Crippen LogP contribution in [0.4, 0.5) is 0 Å². The molecule has 34 heavy (non-hydrogen) atoms. The molecule has 0 fully saturated rings. The summed E-state index contributed by atoms with van der Waals surface area (Å²) in [6, 6.07) is 17.4. The molecule has 1 atom stereocenters. The number of fused-ring (bicyclic) bond motifs is 1. The SMILES string of the molecule is Cc1ccc(S(=O)(=O)N[C@@H](C(=O)Oc2cc3oc(=O)cc(C)c3cc2Cl)c2ccccc2)cc1. The zero-order valence-corrected chi connectivity index (χ0v) is 19.8. The van der Waals surface area contributed by atoms with E-state index in [9.17, 15) is 18.0 Å². The fraction of sp³-hybridized carbons (Fsp3) is 0.120. The number of esters is 1. The summed E-state index contributed by atoms with van der Waals surface area (Å²) >= 11 is 6.32. The molecule has 0 aliphatic rings. The van der Waals surface area contributed by atoms with Crippen LogP contribution in [0.25, 0.3) is 11.0 Å². The monoisotopic (exact) mass is 497 g/mol. The number of benzene rings is 3. The van der Waals surface area contributed by atoms with Gasteiger partial charge in [-0.1, -0.05) is 59.6 Å². The van der Waals surface area contributed by atoms with Crippen molar-refractivity contribution >= 4 is 38.6 Å². The molecule has 0 bridgehead atoms. The van der Waals surface area contributed by atoms with Crippen LogP contribution in [0.5, 0.6) is 5.75 Å². The number of rotatable bonds is 6. The summed E-state index contributed by atoms with van der Waals surface area (Å²) in [5, 5.41) is 0.690. The Morgan fingerprint density at radius 2 is 1.68 bits per heavy atom. The molecule has 0 saturated carbocycles. The molecule has 1 aromatic heterocycles. The van der Waals surface area contributed by atoms with Crippen molar-refractivity contribution in [2.45, 2.75) is 24.8 Å². The van der Waals surface area contributed by atoms with E-state index in [-0.39, 0.29) is 21.3 Å². The molecule has 3 aromatic carbocycles. The highest BCUT2D eigenvalue weighted by molar-refractivity contribution is 7.89. The third-order valence-electron chi connectivity index (χ3n) is 5.19. The van der Waals surface area contributed by atoms with Gasteiger partial charge in [-0.25, -0.2) is 18.0 Å². The van der Waals surface area contributed by atoms with Crippen LogP contribution in [0.15, 0.2) is 86.9 Å². The number of hydrogen-bond donors (Lipinski definition) is 1. The summed E-state index contributed by atoms with van der Waals surface area (Å²) in [5.41, 5.74) is 1.55. The molecule has 0 aliphatic carbocycles. The lowest BCUT2D eigenvalue weighted by Crippen LogP contribution is -2.36. The van der Waals surface area contributed by atoms with Gasteiger partial charge in [-0.2, -0.15) is 4.72 Å². The second-order valence-electron chi connectivity index (χ2n) is 7.73. The molecule has 0 saturated heterocycles. The highest BCUT2D eigenvalue weighted by atomic mass is 35.5. The summed E-state index contributed by atoms with van der Waals surface area (Å²) in [6.45, 7) is 3.57. The van der Waals surface area contributed by atoms with Crippen molar-refractivity contribution in [2.75, 3.05) is 0 Å². The number of nitrogens with one attached hydrogen (secondary N) is 1. The topological polar surface area (TPSA) is 103 Å². The Morgan fingerprint density at radius 3 is 2.35 bits per heavy atom. The van der Waals surface area contributed by atoms with Crippen LogP contribution in [0.2, 0.25) is 5.02 Å². The molecule has 1 heterocycles. The number of halogens is 1. The third-order valence-corrected chi connectivity index (χ3v) is 6.92. The number of carbonyl (C=O) groups excluding carboxylic acids is 1. The molecule has 0 aliphatic heterocycles. The van der Waals surface area contributed by atoms with Crippen LogP contribution in [-0.2, 0) is 14.8 Å². The van der Waals surface area contributed by atoms with Gasteiger partial charge in [0.05, 0.1) is 9.92 Å². The predicted octanol–water partition coefficient (Wildman–Crippen LogP) is 4.69. The molecular formula is C25H20ClNO6S. The van der Waals surface area contributed by atoms with Crippen molar-refractivity contribution in [2.24, 2.45) is 0 Å². The van der Waals surface area contributed by atoms with E-state index >= 15 is 0 Å². The maximum Gasteiger partial charge on any atom is 0.336 e. The molecular weight excluding hydrogens is 478 g/mol. The van der Waals surface area contributed by atoms with Gasteiger partial charge in [0.15, 0.2) is 5.75 Å². The van der Waals surface area contributed by atoms with E-state index in [0.717, 1.165) is 5.56 Å². The van der Waals surface area contributed by atoms with Gasteiger partial charge in [0.25, 0.3) is 0 Å². The molecule has 0 spiro atoms. The molecule has 0 amide bonds. The Balaban J connectivity index is 1.70. The molecule has 1 N–H and O–H groups in total. The van der Waals surface area contributed by atoms with E-state index in [2.05, 4.69) is 4.72 Å². The fourth-order valence-electron chi connectivity index (χ4n) is 3.40. The Hall–Kier alpha value is -3.46. The summed E-state index contributed by atoms with van der Waals surface area (Å²) in [4.78, 5) is 24.9. The lowest BCUT2D eigenvalue weighted by atomic mass is 10.1. The Kier molecular flexibility index (Phi) is 6.56. The quantitative estimate of drug-likeness (QED) is 0.235. The number of ether oxygens (including phenoxy) is 1. The van der Waals surface area contributed by atoms with Gasteiger partial charge in [-0.15, -0.1) is 0 Å². The Morgan fingerprint density at radius 1 is 1.00 bits per heavy atom. The fourth-order valence-corrected chi connectivity index (χ4v) is 4.78. The number of aryl methyl sites for hydroxylation is 2. The van der Waals surface area contributed by atoms with Gasteiger partial charge < -0.3 is 9.15 Å². The van der Waals surface area contributed by atoms with Crippen LogP contribution in [0.1, 0.15) is 22.7 Å². The molecule has 0 radical (unpaired) electrons. The minimum Gasteiger partial charge on any atom is -0.423 e. The first-order valence-electron chi connectivity index (χ1n) is 10.2. The highest BCUT2D eigenvalue weighted by Crippen LogP contribution is 2.32. The minimum atomic E-state index is -4.06. The third kappa shape index (κ3) is 5.04. The average Bonchev–Trinajstić information content (AvgIpc) is 2.79. The normalized spacial score (nSPS) is 12.4. The lowest BCUT2D eigenvalue weighted by molar-refractivity contribution is -0.136. The first kappa shape index (κ1) is 23.7. The largest absolute Gasteiger partial charge is 0.423 e. The maximum atomic E-state index is 13.2. The van der Waals surface area contributed by atoms with Gasteiger partial charge in [-0.05, 0) is 43.2 Å². The van der Waals surface area contributed by atoms with E-state index in [1.54, 1.807) is 49.4 Å². The van der Waals surface area contributed by atoms with E-state index < -0.39 is 27.7 Å².